The first-order valence-electron chi connectivity index (χ1n) is 13.5. The highest BCUT2D eigenvalue weighted by Crippen LogP contribution is 2.35. The molecule has 2 aromatic carbocycles. The smallest absolute Gasteiger partial charge is 0.230 e. The van der Waals surface area contributed by atoms with Gasteiger partial charge in [-0.15, -0.1) is 10.2 Å². The van der Waals surface area contributed by atoms with Crippen LogP contribution in [0.4, 0.5) is 5.95 Å². The predicted molar refractivity (Wildman–Crippen MR) is 142 cm³/mol. The fourth-order valence-electron chi connectivity index (χ4n) is 6.01. The summed E-state index contributed by atoms with van der Waals surface area (Å²) in [5.41, 5.74) is 2.94. The van der Waals surface area contributed by atoms with E-state index in [-0.39, 0.29) is 11.8 Å². The molecule has 1 atom stereocenters. The largest absolute Gasteiger partial charge is 0.339 e. The molecule has 1 saturated heterocycles. The normalized spacial score (nSPS) is 18.1. The van der Waals surface area contributed by atoms with Gasteiger partial charge in [0.1, 0.15) is 5.82 Å². The fourth-order valence-corrected chi connectivity index (χ4v) is 6.01. The minimum Gasteiger partial charge on any atom is -0.339 e. The van der Waals surface area contributed by atoms with E-state index in [2.05, 4.69) is 45.6 Å². The maximum atomic E-state index is 13.4. The number of fused-ring (bicyclic) bond motifs is 3. The summed E-state index contributed by atoms with van der Waals surface area (Å²) in [5.74, 6) is 2.53. The highest BCUT2D eigenvalue weighted by Gasteiger charge is 2.30. The van der Waals surface area contributed by atoms with Crippen LogP contribution in [0.5, 0.6) is 0 Å². The zero-order valence-electron chi connectivity index (χ0n) is 21.0. The van der Waals surface area contributed by atoms with Crippen LogP contribution in [0.2, 0.25) is 0 Å². The van der Waals surface area contributed by atoms with Gasteiger partial charge in [-0.1, -0.05) is 68.7 Å². The van der Waals surface area contributed by atoms with Crippen molar-refractivity contribution in [2.45, 2.75) is 57.3 Å². The third kappa shape index (κ3) is 4.10. The molecular formula is C29H34N6O. The molecule has 0 spiro atoms. The van der Waals surface area contributed by atoms with E-state index >= 15 is 0 Å². The summed E-state index contributed by atoms with van der Waals surface area (Å²) in [6, 6.07) is 18.4. The Balaban J connectivity index is 1.30. The Morgan fingerprint density at radius 1 is 0.917 bits per heavy atom. The summed E-state index contributed by atoms with van der Waals surface area (Å²) < 4.78 is 2.22. The Hall–Kier alpha value is -3.48. The van der Waals surface area contributed by atoms with E-state index in [9.17, 15) is 4.79 Å². The lowest BCUT2D eigenvalue weighted by Gasteiger charge is -2.37. The molecule has 0 bridgehead atoms. The second-order valence-corrected chi connectivity index (χ2v) is 10.2. The Morgan fingerprint density at radius 2 is 1.64 bits per heavy atom. The molecule has 4 aromatic rings. The van der Waals surface area contributed by atoms with E-state index in [4.69, 9.17) is 10.1 Å². The lowest BCUT2D eigenvalue weighted by molar-refractivity contribution is -0.133. The molecule has 1 amide bonds. The first-order valence-corrected chi connectivity index (χ1v) is 13.5. The standard InChI is InChI=1S/C29H34N6O/c1-2-23(21-11-5-3-6-12-21)28(36)33-17-19-34(20-18-33)29-30-25-16-10-9-15-24(25)27-32-31-26(35(27)29)22-13-7-4-8-14-22/h3,5-6,9-12,15-16,22-23H,2,4,7-8,13-14,17-20H2,1H3/t23-/m0/s1. The molecule has 1 saturated carbocycles. The lowest BCUT2D eigenvalue weighted by atomic mass is 9.89. The minimum absolute atomic E-state index is 0.0843. The molecule has 3 heterocycles. The summed E-state index contributed by atoms with van der Waals surface area (Å²) in [5, 5.41) is 10.4. The maximum absolute atomic E-state index is 13.4. The van der Waals surface area contributed by atoms with Gasteiger partial charge in [0.2, 0.25) is 11.9 Å². The molecule has 6 rings (SSSR count). The van der Waals surface area contributed by atoms with Gasteiger partial charge >= 0.3 is 0 Å². The Kier molecular flexibility index (Phi) is 6.30. The molecule has 2 fully saturated rings. The summed E-state index contributed by atoms with van der Waals surface area (Å²) in [6.45, 7) is 4.98. The van der Waals surface area contributed by atoms with Crippen molar-refractivity contribution in [3.63, 3.8) is 0 Å². The average molecular weight is 483 g/mol. The van der Waals surface area contributed by atoms with Crippen molar-refractivity contribution in [2.75, 3.05) is 31.1 Å². The zero-order valence-corrected chi connectivity index (χ0v) is 21.0. The number of nitrogens with zero attached hydrogens (tertiary/aromatic N) is 6. The second-order valence-electron chi connectivity index (χ2n) is 10.2. The SMILES string of the molecule is CC[C@H](C(=O)N1CCN(c2nc3ccccc3c3nnc(C4CCCCC4)n23)CC1)c1ccccc1. The summed E-state index contributed by atoms with van der Waals surface area (Å²) in [4.78, 5) is 22.9. The lowest BCUT2D eigenvalue weighted by Crippen LogP contribution is -2.50. The number of hydrogen-bond acceptors (Lipinski definition) is 5. The number of benzene rings is 2. The van der Waals surface area contributed by atoms with Crippen molar-refractivity contribution >= 4 is 28.4 Å². The van der Waals surface area contributed by atoms with Crippen molar-refractivity contribution in [3.05, 3.63) is 66.0 Å². The van der Waals surface area contributed by atoms with Crippen LogP contribution in [-0.4, -0.2) is 56.6 Å². The molecule has 0 N–H and O–H groups in total. The molecule has 0 unspecified atom stereocenters. The third-order valence-corrected chi connectivity index (χ3v) is 8.01. The van der Waals surface area contributed by atoms with Gasteiger partial charge < -0.3 is 9.80 Å². The van der Waals surface area contributed by atoms with Gasteiger partial charge in [0.25, 0.3) is 0 Å². The predicted octanol–water partition coefficient (Wildman–Crippen LogP) is 5.17. The molecule has 7 heteroatoms. The van der Waals surface area contributed by atoms with Crippen LogP contribution < -0.4 is 4.90 Å². The van der Waals surface area contributed by atoms with Crippen molar-refractivity contribution in [1.82, 2.24) is 24.5 Å². The molecule has 0 radical (unpaired) electrons. The minimum atomic E-state index is -0.0843. The van der Waals surface area contributed by atoms with E-state index in [0.29, 0.717) is 19.0 Å². The maximum Gasteiger partial charge on any atom is 0.230 e. The van der Waals surface area contributed by atoms with Crippen LogP contribution in [0.15, 0.2) is 54.6 Å². The van der Waals surface area contributed by atoms with E-state index in [0.717, 1.165) is 66.2 Å². The van der Waals surface area contributed by atoms with Gasteiger partial charge in [0.15, 0.2) is 5.65 Å². The van der Waals surface area contributed by atoms with Gasteiger partial charge in [-0.25, -0.2) is 9.38 Å². The summed E-state index contributed by atoms with van der Waals surface area (Å²) in [7, 11) is 0. The Bertz CT molecular complexity index is 1350. The Labute approximate surface area is 212 Å². The molecular weight excluding hydrogens is 448 g/mol. The molecule has 36 heavy (non-hydrogen) atoms. The molecule has 2 aliphatic rings. The number of piperazine rings is 1. The zero-order chi connectivity index (χ0) is 24.5. The molecule has 2 aromatic heterocycles. The second kappa shape index (κ2) is 9.88. The van der Waals surface area contributed by atoms with Gasteiger partial charge in [-0.3, -0.25) is 4.79 Å². The van der Waals surface area contributed by atoms with Gasteiger partial charge in [-0.2, -0.15) is 0 Å². The third-order valence-electron chi connectivity index (χ3n) is 8.01. The first-order chi connectivity index (χ1) is 17.7. The Morgan fingerprint density at radius 3 is 2.39 bits per heavy atom. The van der Waals surface area contributed by atoms with E-state index in [1.54, 1.807) is 0 Å². The quantitative estimate of drug-likeness (QED) is 0.393. The van der Waals surface area contributed by atoms with Gasteiger partial charge in [0.05, 0.1) is 11.4 Å². The number of aromatic nitrogens is 4. The van der Waals surface area contributed by atoms with Crippen LogP contribution in [0, 0.1) is 0 Å². The molecule has 1 aliphatic carbocycles. The summed E-state index contributed by atoms with van der Waals surface area (Å²) >= 11 is 0. The van der Waals surface area contributed by atoms with E-state index < -0.39 is 0 Å². The topological polar surface area (TPSA) is 66.6 Å². The van der Waals surface area contributed by atoms with Crippen LogP contribution in [-0.2, 0) is 4.79 Å². The van der Waals surface area contributed by atoms with E-state index in [1.807, 2.05) is 35.2 Å². The van der Waals surface area contributed by atoms with Crippen LogP contribution in [0.3, 0.4) is 0 Å². The van der Waals surface area contributed by atoms with Crippen LogP contribution in [0.25, 0.3) is 16.6 Å². The van der Waals surface area contributed by atoms with Gasteiger partial charge in [0, 0.05) is 37.5 Å². The fraction of sp³-hybridized carbons (Fsp3) is 0.448. The van der Waals surface area contributed by atoms with E-state index in [1.165, 1.54) is 19.3 Å². The van der Waals surface area contributed by atoms with Crippen molar-refractivity contribution in [1.29, 1.82) is 0 Å². The molecule has 186 valence electrons. The number of hydrogen-bond donors (Lipinski definition) is 0. The highest BCUT2D eigenvalue weighted by molar-refractivity contribution is 5.92. The number of carbonyl (C=O) groups is 1. The first kappa shape index (κ1) is 23.0. The highest BCUT2D eigenvalue weighted by atomic mass is 16.2. The van der Waals surface area contributed by atoms with Crippen LogP contribution >= 0.6 is 0 Å². The van der Waals surface area contributed by atoms with Crippen molar-refractivity contribution < 1.29 is 4.79 Å². The average Bonchev–Trinajstić information content (AvgIpc) is 3.40. The summed E-state index contributed by atoms with van der Waals surface area (Å²) in [6.07, 6.45) is 6.92. The molecule has 7 nitrogen and oxygen atoms in total. The van der Waals surface area contributed by atoms with Gasteiger partial charge in [-0.05, 0) is 37.0 Å². The number of rotatable bonds is 5. The van der Waals surface area contributed by atoms with Crippen LogP contribution in [0.1, 0.15) is 68.7 Å². The number of amides is 1. The number of anilines is 1. The van der Waals surface area contributed by atoms with Crippen molar-refractivity contribution in [3.8, 4) is 0 Å². The molecule has 1 aliphatic heterocycles. The monoisotopic (exact) mass is 482 g/mol. The van der Waals surface area contributed by atoms with Crippen molar-refractivity contribution in [2.24, 2.45) is 0 Å². The number of carbonyl (C=O) groups excluding carboxylic acids is 1. The number of para-hydroxylation sites is 1.